The summed E-state index contributed by atoms with van der Waals surface area (Å²) in [6, 6.07) is 5.93. The van der Waals surface area contributed by atoms with Crippen molar-refractivity contribution in [2.24, 2.45) is 0 Å². The number of aliphatic hydroxyl groups is 1. The Morgan fingerprint density at radius 2 is 2.14 bits per heavy atom. The van der Waals surface area contributed by atoms with Crippen molar-refractivity contribution in [2.45, 2.75) is 17.9 Å². The van der Waals surface area contributed by atoms with E-state index in [1.165, 1.54) is 25.3 Å². The van der Waals surface area contributed by atoms with Crippen molar-refractivity contribution in [3.8, 4) is 0 Å². The first kappa shape index (κ1) is 17.6. The zero-order valence-electron chi connectivity index (χ0n) is 12.0. The lowest BCUT2D eigenvalue weighted by Crippen LogP contribution is -2.38. The van der Waals surface area contributed by atoms with Crippen LogP contribution in [-0.4, -0.2) is 46.2 Å². The van der Waals surface area contributed by atoms with E-state index in [0.29, 0.717) is 18.7 Å². The first-order valence-electron chi connectivity index (χ1n) is 6.40. The molecule has 1 rings (SSSR count). The fraction of sp³-hybridized carbons (Fsp3) is 0.462. The fourth-order valence-electron chi connectivity index (χ4n) is 1.54. The Morgan fingerprint density at radius 3 is 2.76 bits per heavy atom. The molecule has 7 nitrogen and oxygen atoms in total. The molecule has 0 saturated carbocycles. The molecular formula is C13H20N2O5S. The smallest absolute Gasteiger partial charge is 0.241 e. The minimum atomic E-state index is -3.80. The molecule has 0 aliphatic carbocycles. The predicted octanol–water partition coefficient (Wildman–Crippen LogP) is -0.219. The molecule has 3 N–H and O–H groups in total. The van der Waals surface area contributed by atoms with E-state index in [2.05, 4.69) is 10.0 Å². The summed E-state index contributed by atoms with van der Waals surface area (Å²) in [5, 5.41) is 12.0. The lowest BCUT2D eigenvalue weighted by molar-refractivity contribution is -0.120. The number of aliphatic hydroxyl groups excluding tert-OH is 1. The van der Waals surface area contributed by atoms with E-state index in [9.17, 15) is 18.3 Å². The molecule has 0 aliphatic heterocycles. The van der Waals surface area contributed by atoms with Gasteiger partial charge in [-0.3, -0.25) is 4.79 Å². The maximum absolute atomic E-state index is 12.0. The van der Waals surface area contributed by atoms with Gasteiger partial charge in [-0.2, -0.15) is 0 Å². The molecule has 0 spiro atoms. The molecule has 0 aliphatic rings. The summed E-state index contributed by atoms with van der Waals surface area (Å²) in [4.78, 5) is 11.4. The van der Waals surface area contributed by atoms with Crippen molar-refractivity contribution >= 4 is 15.9 Å². The molecule has 1 atom stereocenters. The highest BCUT2D eigenvalue weighted by Crippen LogP contribution is 2.16. The number of hydrogen-bond donors (Lipinski definition) is 3. The van der Waals surface area contributed by atoms with E-state index >= 15 is 0 Å². The molecule has 1 amide bonds. The van der Waals surface area contributed by atoms with Gasteiger partial charge in [-0.05, 0) is 24.6 Å². The second kappa shape index (κ2) is 8.08. The van der Waals surface area contributed by atoms with Gasteiger partial charge in [0.05, 0.1) is 24.2 Å². The van der Waals surface area contributed by atoms with Gasteiger partial charge >= 0.3 is 0 Å². The standard InChI is InChI=1S/C13H20N2O5S/c1-10(16)11-4-3-5-12(8-11)21(18,19)15-9-13(17)14-6-7-20-2/h3-5,8,10,15-16H,6-7,9H2,1-2H3,(H,14,17). The summed E-state index contributed by atoms with van der Waals surface area (Å²) >= 11 is 0. The van der Waals surface area contributed by atoms with Crippen LogP contribution in [0.25, 0.3) is 0 Å². The summed E-state index contributed by atoms with van der Waals surface area (Å²) in [7, 11) is -2.29. The van der Waals surface area contributed by atoms with Gasteiger partial charge in [-0.1, -0.05) is 12.1 Å². The largest absolute Gasteiger partial charge is 0.389 e. The summed E-state index contributed by atoms with van der Waals surface area (Å²) in [6.07, 6.45) is -0.766. The van der Waals surface area contributed by atoms with E-state index in [1.807, 2.05) is 0 Å². The quantitative estimate of drug-likeness (QED) is 0.575. The zero-order chi connectivity index (χ0) is 15.9. The first-order valence-corrected chi connectivity index (χ1v) is 7.88. The Hall–Kier alpha value is -1.48. The summed E-state index contributed by atoms with van der Waals surface area (Å²) in [5.41, 5.74) is 0.488. The third-order valence-corrected chi connectivity index (χ3v) is 4.10. The van der Waals surface area contributed by atoms with Gasteiger partial charge in [-0.15, -0.1) is 0 Å². The fourth-order valence-corrected chi connectivity index (χ4v) is 2.58. The summed E-state index contributed by atoms with van der Waals surface area (Å²) in [6.45, 7) is 1.86. The molecule has 118 valence electrons. The number of nitrogens with one attached hydrogen (secondary N) is 2. The molecule has 0 heterocycles. The number of ether oxygens (including phenoxy) is 1. The Labute approximate surface area is 124 Å². The number of methoxy groups -OCH3 is 1. The van der Waals surface area contributed by atoms with Crippen LogP contribution in [0.3, 0.4) is 0 Å². The number of sulfonamides is 1. The topological polar surface area (TPSA) is 105 Å². The number of rotatable bonds is 8. The van der Waals surface area contributed by atoms with Crippen LogP contribution in [0.15, 0.2) is 29.2 Å². The molecule has 8 heteroatoms. The van der Waals surface area contributed by atoms with Gasteiger partial charge in [0.1, 0.15) is 0 Å². The van der Waals surface area contributed by atoms with E-state index in [-0.39, 0.29) is 11.4 Å². The maximum Gasteiger partial charge on any atom is 0.241 e. The predicted molar refractivity (Wildman–Crippen MR) is 77.2 cm³/mol. The molecular weight excluding hydrogens is 296 g/mol. The van der Waals surface area contributed by atoms with Crippen LogP contribution in [0, 0.1) is 0 Å². The summed E-state index contributed by atoms with van der Waals surface area (Å²) < 4.78 is 31.1. The van der Waals surface area contributed by atoms with Crippen LogP contribution in [0.1, 0.15) is 18.6 Å². The van der Waals surface area contributed by atoms with Gasteiger partial charge in [0, 0.05) is 13.7 Å². The highest BCUT2D eigenvalue weighted by atomic mass is 32.2. The second-order valence-electron chi connectivity index (χ2n) is 4.42. The van der Waals surface area contributed by atoms with E-state index < -0.39 is 22.0 Å². The number of benzene rings is 1. The Morgan fingerprint density at radius 1 is 1.43 bits per heavy atom. The number of amides is 1. The van der Waals surface area contributed by atoms with Crippen LogP contribution < -0.4 is 10.0 Å². The average molecular weight is 316 g/mol. The van der Waals surface area contributed by atoms with Gasteiger partial charge in [0.2, 0.25) is 15.9 Å². The Balaban J connectivity index is 2.65. The van der Waals surface area contributed by atoms with Crippen molar-refractivity contribution in [1.82, 2.24) is 10.0 Å². The lowest BCUT2D eigenvalue weighted by atomic mass is 10.1. The molecule has 1 unspecified atom stereocenters. The van der Waals surface area contributed by atoms with Gasteiger partial charge < -0.3 is 15.2 Å². The molecule has 1 aromatic carbocycles. The zero-order valence-corrected chi connectivity index (χ0v) is 12.8. The van der Waals surface area contributed by atoms with E-state index in [0.717, 1.165) is 0 Å². The van der Waals surface area contributed by atoms with Crippen molar-refractivity contribution < 1.29 is 23.1 Å². The molecule has 0 saturated heterocycles. The van der Waals surface area contributed by atoms with Crippen LogP contribution in [0.2, 0.25) is 0 Å². The van der Waals surface area contributed by atoms with Crippen LogP contribution >= 0.6 is 0 Å². The monoisotopic (exact) mass is 316 g/mol. The van der Waals surface area contributed by atoms with Crippen LogP contribution in [0.4, 0.5) is 0 Å². The van der Waals surface area contributed by atoms with Crippen LogP contribution in [-0.2, 0) is 19.6 Å². The molecule has 21 heavy (non-hydrogen) atoms. The first-order chi connectivity index (χ1) is 9.86. The molecule has 0 aromatic heterocycles. The Bertz CT molecular complexity index is 572. The van der Waals surface area contributed by atoms with Gasteiger partial charge in [0.25, 0.3) is 0 Å². The molecule has 1 aromatic rings. The maximum atomic E-state index is 12.0. The highest BCUT2D eigenvalue weighted by molar-refractivity contribution is 7.89. The second-order valence-corrected chi connectivity index (χ2v) is 6.18. The minimum Gasteiger partial charge on any atom is -0.389 e. The Kier molecular flexibility index (Phi) is 6.76. The number of carbonyl (C=O) groups excluding carboxylic acids is 1. The SMILES string of the molecule is COCCNC(=O)CNS(=O)(=O)c1cccc(C(C)O)c1. The lowest BCUT2D eigenvalue weighted by Gasteiger charge is -2.10. The van der Waals surface area contributed by atoms with E-state index in [1.54, 1.807) is 13.0 Å². The van der Waals surface area contributed by atoms with Gasteiger partial charge in [-0.25, -0.2) is 13.1 Å². The molecule has 0 fully saturated rings. The highest BCUT2D eigenvalue weighted by Gasteiger charge is 2.16. The molecule has 0 radical (unpaired) electrons. The normalized spacial score (nSPS) is 12.9. The third-order valence-electron chi connectivity index (χ3n) is 2.70. The van der Waals surface area contributed by atoms with Crippen LogP contribution in [0.5, 0.6) is 0 Å². The molecule has 0 bridgehead atoms. The number of carbonyl (C=O) groups is 1. The minimum absolute atomic E-state index is 0.00518. The number of hydrogen-bond acceptors (Lipinski definition) is 5. The van der Waals surface area contributed by atoms with Crippen molar-refractivity contribution in [1.29, 1.82) is 0 Å². The third kappa shape index (κ3) is 5.80. The van der Waals surface area contributed by atoms with Gasteiger partial charge in [0.15, 0.2) is 0 Å². The van der Waals surface area contributed by atoms with Crippen molar-refractivity contribution in [3.63, 3.8) is 0 Å². The van der Waals surface area contributed by atoms with E-state index in [4.69, 9.17) is 4.74 Å². The van der Waals surface area contributed by atoms with Crippen molar-refractivity contribution in [2.75, 3.05) is 26.8 Å². The van der Waals surface area contributed by atoms with Crippen molar-refractivity contribution in [3.05, 3.63) is 29.8 Å². The average Bonchev–Trinajstić information content (AvgIpc) is 2.45. The summed E-state index contributed by atoms with van der Waals surface area (Å²) in [5.74, 6) is -0.442.